The van der Waals surface area contributed by atoms with E-state index in [-0.39, 0.29) is 6.04 Å². The molecule has 0 bridgehead atoms. The monoisotopic (exact) mass is 759 g/mol. The number of nitrogens with zero attached hydrogens (tertiary/aromatic N) is 2. The van der Waals surface area contributed by atoms with Crippen molar-refractivity contribution >= 4 is 77.2 Å². The van der Waals surface area contributed by atoms with Crippen molar-refractivity contribution in [1.82, 2.24) is 9.88 Å². The maximum absolute atomic E-state index is 6.71. The lowest BCUT2D eigenvalue weighted by Gasteiger charge is -2.20. The van der Waals surface area contributed by atoms with Gasteiger partial charge in [-0.05, 0) is 96.3 Å². The van der Waals surface area contributed by atoms with Gasteiger partial charge in [-0.2, -0.15) is 0 Å². The predicted molar refractivity (Wildman–Crippen MR) is 243 cm³/mol. The fourth-order valence-electron chi connectivity index (χ4n) is 9.28. The second-order valence-corrected chi connectivity index (χ2v) is 15.6. The van der Waals surface area contributed by atoms with Crippen LogP contribution in [0.2, 0.25) is 0 Å². The number of furan rings is 2. The number of fused-ring (bicyclic) bond motifs is 9. The molecule has 0 spiro atoms. The number of para-hydroxylation sites is 3. The largest absolute Gasteiger partial charge is 0.456 e. The first-order valence-corrected chi connectivity index (χ1v) is 20.2. The Balaban J connectivity index is 1.000. The van der Waals surface area contributed by atoms with Gasteiger partial charge in [0.15, 0.2) is 0 Å². The molecule has 0 saturated carbocycles. The SMILES string of the molecule is CC1=C(c2ccc3c(c2)oc2ccccc23)N=C(c2cccc3oc4cc(-c5ccc6c7ccccc7n(-c7ccccc7)c6c5)ccc4c23)NC(c2ccccc2)C1. The number of amidine groups is 1. The summed E-state index contributed by atoms with van der Waals surface area (Å²) in [7, 11) is 0. The van der Waals surface area contributed by atoms with Crippen LogP contribution in [0.25, 0.3) is 88.2 Å². The van der Waals surface area contributed by atoms with Crippen molar-refractivity contribution in [3.63, 3.8) is 0 Å². The number of aliphatic imine (C=N–C) groups is 1. The Bertz CT molecular complexity index is 3510. The van der Waals surface area contributed by atoms with Crippen LogP contribution in [-0.4, -0.2) is 10.4 Å². The van der Waals surface area contributed by atoms with Crippen molar-refractivity contribution in [2.24, 2.45) is 4.99 Å². The Morgan fingerprint density at radius 2 is 1.12 bits per heavy atom. The topological polar surface area (TPSA) is 55.6 Å². The van der Waals surface area contributed by atoms with Crippen LogP contribution in [0.5, 0.6) is 0 Å². The van der Waals surface area contributed by atoms with E-state index in [2.05, 4.69) is 187 Å². The van der Waals surface area contributed by atoms with E-state index in [0.717, 1.165) is 89.8 Å². The van der Waals surface area contributed by atoms with Gasteiger partial charge in [0.1, 0.15) is 28.2 Å². The first-order valence-electron chi connectivity index (χ1n) is 20.2. The van der Waals surface area contributed by atoms with Gasteiger partial charge in [-0.25, -0.2) is 4.99 Å². The molecule has 5 nitrogen and oxygen atoms in total. The highest BCUT2D eigenvalue weighted by Crippen LogP contribution is 2.40. The number of nitrogens with one attached hydrogen (secondary N) is 1. The molecule has 0 saturated heterocycles. The zero-order valence-electron chi connectivity index (χ0n) is 32.3. The number of hydrogen-bond acceptors (Lipinski definition) is 4. The third kappa shape index (κ3) is 5.43. The van der Waals surface area contributed by atoms with Crippen molar-refractivity contribution in [3.8, 4) is 16.8 Å². The minimum Gasteiger partial charge on any atom is -0.456 e. The minimum atomic E-state index is 0.0174. The lowest BCUT2D eigenvalue weighted by Crippen LogP contribution is -2.28. The van der Waals surface area contributed by atoms with Crippen LogP contribution < -0.4 is 5.32 Å². The average molecular weight is 760 g/mol. The molecule has 11 aromatic rings. The molecule has 1 aliphatic rings. The van der Waals surface area contributed by atoms with Gasteiger partial charge >= 0.3 is 0 Å². The molecular formula is C54H37N3O2. The van der Waals surface area contributed by atoms with E-state index in [0.29, 0.717) is 0 Å². The van der Waals surface area contributed by atoms with E-state index >= 15 is 0 Å². The van der Waals surface area contributed by atoms with Crippen molar-refractivity contribution in [2.45, 2.75) is 19.4 Å². The van der Waals surface area contributed by atoms with E-state index in [1.54, 1.807) is 0 Å². The summed E-state index contributed by atoms with van der Waals surface area (Å²) >= 11 is 0. The number of hydrogen-bond donors (Lipinski definition) is 1. The van der Waals surface area contributed by atoms with Gasteiger partial charge in [-0.3, -0.25) is 0 Å². The zero-order chi connectivity index (χ0) is 39.0. The minimum absolute atomic E-state index is 0.0174. The van der Waals surface area contributed by atoms with Crippen LogP contribution >= 0.6 is 0 Å². The third-order valence-electron chi connectivity index (χ3n) is 12.1. The normalized spacial score (nSPS) is 14.8. The Kier molecular flexibility index (Phi) is 7.51. The lowest BCUT2D eigenvalue weighted by atomic mass is 9.96. The summed E-state index contributed by atoms with van der Waals surface area (Å²) in [5, 5.41) is 10.7. The molecule has 280 valence electrons. The summed E-state index contributed by atoms with van der Waals surface area (Å²) in [6.45, 7) is 2.20. The van der Waals surface area contributed by atoms with Crippen LogP contribution in [0.1, 0.15) is 36.1 Å². The van der Waals surface area contributed by atoms with Gasteiger partial charge in [0, 0.05) is 49.1 Å². The fraction of sp³-hybridized carbons (Fsp3) is 0.0556. The number of benzene rings is 8. The molecule has 1 unspecified atom stereocenters. The van der Waals surface area contributed by atoms with E-state index < -0.39 is 0 Å². The van der Waals surface area contributed by atoms with Gasteiger partial charge < -0.3 is 18.7 Å². The molecule has 0 fully saturated rings. The molecule has 3 aromatic heterocycles. The highest BCUT2D eigenvalue weighted by molar-refractivity contribution is 6.19. The standard InChI is InChI=1S/C54H37N3O2/c1-33-29-45(34-13-4-2-5-14-34)55-54(56-53(33)37-25-27-42-41-18-9-11-21-48(41)58-50(42)32-37)44-19-12-22-49-52(44)43-28-24-36(31-51(43)59-49)35-23-26-40-39-17-8-10-20-46(39)57(47(40)30-35)38-15-6-3-7-16-38/h2-28,30-32,45H,29H2,1H3,(H,55,56). The molecule has 1 atom stereocenters. The fourth-order valence-corrected chi connectivity index (χ4v) is 9.28. The predicted octanol–water partition coefficient (Wildman–Crippen LogP) is 14.2. The third-order valence-corrected chi connectivity index (χ3v) is 12.1. The maximum atomic E-state index is 6.71. The van der Waals surface area contributed by atoms with Gasteiger partial charge in [0.2, 0.25) is 0 Å². The molecule has 0 radical (unpaired) electrons. The Morgan fingerprint density at radius 1 is 0.508 bits per heavy atom. The second kappa shape index (κ2) is 13.2. The van der Waals surface area contributed by atoms with E-state index in [1.807, 2.05) is 12.1 Å². The Hall–Kier alpha value is -7.63. The van der Waals surface area contributed by atoms with Crippen LogP contribution in [0.4, 0.5) is 0 Å². The number of rotatable bonds is 5. The van der Waals surface area contributed by atoms with E-state index in [1.165, 1.54) is 32.9 Å². The van der Waals surface area contributed by atoms with Crippen molar-refractivity contribution in [3.05, 3.63) is 204 Å². The van der Waals surface area contributed by atoms with Gasteiger partial charge in [0.05, 0.1) is 22.8 Å². The van der Waals surface area contributed by atoms with Crippen LogP contribution in [0.3, 0.4) is 0 Å². The van der Waals surface area contributed by atoms with Crippen LogP contribution in [0.15, 0.2) is 201 Å². The average Bonchev–Trinajstić information content (AvgIpc) is 3.92. The summed E-state index contributed by atoms with van der Waals surface area (Å²) in [6.07, 6.45) is 0.795. The van der Waals surface area contributed by atoms with Crippen molar-refractivity contribution in [2.75, 3.05) is 0 Å². The molecule has 8 aromatic carbocycles. The molecule has 0 amide bonds. The summed E-state index contributed by atoms with van der Waals surface area (Å²) in [5.74, 6) is 0.812. The molecule has 12 rings (SSSR count). The van der Waals surface area contributed by atoms with Gasteiger partial charge in [-0.1, -0.05) is 121 Å². The first-order chi connectivity index (χ1) is 29.1. The lowest BCUT2D eigenvalue weighted by molar-refractivity contribution is 0.646. The molecule has 1 N–H and O–H groups in total. The van der Waals surface area contributed by atoms with Gasteiger partial charge in [-0.15, -0.1) is 0 Å². The molecule has 4 heterocycles. The maximum Gasteiger partial charge on any atom is 0.136 e. The van der Waals surface area contributed by atoms with Crippen LogP contribution in [-0.2, 0) is 0 Å². The second-order valence-electron chi connectivity index (χ2n) is 15.6. The first kappa shape index (κ1) is 33.5. The highest BCUT2D eigenvalue weighted by Gasteiger charge is 2.25. The van der Waals surface area contributed by atoms with E-state index in [4.69, 9.17) is 13.8 Å². The van der Waals surface area contributed by atoms with Crippen LogP contribution in [0, 0.1) is 0 Å². The Labute approximate surface area is 340 Å². The number of aromatic nitrogens is 1. The van der Waals surface area contributed by atoms with E-state index in [9.17, 15) is 0 Å². The van der Waals surface area contributed by atoms with Crippen molar-refractivity contribution in [1.29, 1.82) is 0 Å². The summed E-state index contributed by atoms with van der Waals surface area (Å²) in [6, 6.07) is 64.3. The molecule has 0 aliphatic carbocycles. The Morgan fingerprint density at radius 3 is 1.98 bits per heavy atom. The zero-order valence-corrected chi connectivity index (χ0v) is 32.3. The smallest absolute Gasteiger partial charge is 0.136 e. The molecule has 1 aliphatic heterocycles. The summed E-state index contributed by atoms with van der Waals surface area (Å²) < 4.78 is 15.4. The summed E-state index contributed by atoms with van der Waals surface area (Å²) in [4.78, 5) is 5.51. The van der Waals surface area contributed by atoms with Gasteiger partial charge in [0.25, 0.3) is 0 Å². The summed E-state index contributed by atoms with van der Waals surface area (Å²) in [5.41, 5.74) is 14.5. The molecule has 5 heteroatoms. The molecule has 59 heavy (non-hydrogen) atoms. The van der Waals surface area contributed by atoms with Crippen molar-refractivity contribution < 1.29 is 8.83 Å². The molecular weight excluding hydrogens is 723 g/mol. The highest BCUT2D eigenvalue weighted by atomic mass is 16.3. The quantitative estimate of drug-likeness (QED) is 0.190.